The van der Waals surface area contributed by atoms with Gasteiger partial charge in [-0.15, -0.1) is 0 Å². The second kappa shape index (κ2) is 8.82. The number of aryl methyl sites for hydroxylation is 1. The summed E-state index contributed by atoms with van der Waals surface area (Å²) in [7, 11) is 1.55. The summed E-state index contributed by atoms with van der Waals surface area (Å²) in [6.45, 7) is 1.49. The predicted octanol–water partition coefficient (Wildman–Crippen LogP) is 3.34. The van der Waals surface area contributed by atoms with Crippen molar-refractivity contribution < 1.29 is 23.5 Å². The van der Waals surface area contributed by atoms with Crippen LogP contribution in [0.3, 0.4) is 0 Å². The number of benzene rings is 2. The molecule has 2 aromatic rings. The molecule has 0 saturated carbocycles. The minimum absolute atomic E-state index is 0.00108. The third-order valence-corrected chi connectivity index (χ3v) is 3.59. The number of hydrogen-bond donors (Lipinski definition) is 1. The summed E-state index contributed by atoms with van der Waals surface area (Å²) in [6, 6.07) is 13.0. The monoisotopic (exact) mass is 345 g/mol. The van der Waals surface area contributed by atoms with E-state index < -0.39 is 18.0 Å². The van der Waals surface area contributed by atoms with Crippen LogP contribution in [0.2, 0.25) is 0 Å². The molecule has 0 spiro atoms. The van der Waals surface area contributed by atoms with Gasteiger partial charge in [0.15, 0.2) is 6.10 Å². The zero-order chi connectivity index (χ0) is 18.2. The number of amides is 1. The molecule has 0 unspecified atom stereocenters. The molecule has 1 N–H and O–H groups in total. The highest BCUT2D eigenvalue weighted by Gasteiger charge is 2.18. The molecule has 1 amide bonds. The van der Waals surface area contributed by atoms with Crippen molar-refractivity contribution in [1.82, 2.24) is 0 Å². The van der Waals surface area contributed by atoms with Gasteiger partial charge >= 0.3 is 5.97 Å². The molecule has 5 nitrogen and oxygen atoms in total. The summed E-state index contributed by atoms with van der Waals surface area (Å²) in [5, 5.41) is 2.65. The van der Waals surface area contributed by atoms with Crippen LogP contribution in [0.1, 0.15) is 18.9 Å². The lowest BCUT2D eigenvalue weighted by atomic mass is 10.1. The first-order valence-corrected chi connectivity index (χ1v) is 7.87. The van der Waals surface area contributed by atoms with Crippen molar-refractivity contribution in [2.45, 2.75) is 25.9 Å². The molecule has 0 aromatic heterocycles. The van der Waals surface area contributed by atoms with E-state index in [2.05, 4.69) is 5.32 Å². The molecule has 0 aliphatic heterocycles. The summed E-state index contributed by atoms with van der Waals surface area (Å²) in [5.74, 6) is -0.684. The number of esters is 1. The number of halogens is 1. The summed E-state index contributed by atoms with van der Waals surface area (Å²) >= 11 is 0. The molecule has 2 rings (SSSR count). The number of carbonyl (C=O) groups excluding carboxylic acids is 2. The van der Waals surface area contributed by atoms with Gasteiger partial charge in [0.1, 0.15) is 11.6 Å². The number of carbonyl (C=O) groups is 2. The quantitative estimate of drug-likeness (QED) is 0.782. The van der Waals surface area contributed by atoms with Crippen LogP contribution in [0, 0.1) is 5.82 Å². The summed E-state index contributed by atoms with van der Waals surface area (Å²) in [6.07, 6.45) is -0.727. The molecular weight excluding hydrogens is 325 g/mol. The third kappa shape index (κ3) is 5.60. The highest BCUT2D eigenvalue weighted by Crippen LogP contribution is 2.15. The third-order valence-electron chi connectivity index (χ3n) is 3.59. The van der Waals surface area contributed by atoms with Crippen LogP contribution in [0.5, 0.6) is 5.75 Å². The van der Waals surface area contributed by atoms with Crippen LogP contribution < -0.4 is 10.1 Å². The highest BCUT2D eigenvalue weighted by atomic mass is 19.1. The Morgan fingerprint density at radius 1 is 1.12 bits per heavy atom. The van der Waals surface area contributed by atoms with Crippen LogP contribution >= 0.6 is 0 Å². The minimum Gasteiger partial charge on any atom is -0.497 e. The largest absolute Gasteiger partial charge is 0.497 e. The van der Waals surface area contributed by atoms with E-state index in [-0.39, 0.29) is 18.7 Å². The van der Waals surface area contributed by atoms with Crippen LogP contribution in [0.15, 0.2) is 48.5 Å². The Hall–Kier alpha value is -2.89. The fourth-order valence-corrected chi connectivity index (χ4v) is 2.17. The Bertz CT molecular complexity index is 730. The SMILES string of the molecule is COc1ccc(NC(=O)[C@@H](C)OC(=O)CCc2ccccc2F)cc1. The first-order valence-electron chi connectivity index (χ1n) is 7.87. The summed E-state index contributed by atoms with van der Waals surface area (Å²) in [5.41, 5.74) is 1.01. The number of hydrogen-bond acceptors (Lipinski definition) is 4. The smallest absolute Gasteiger partial charge is 0.306 e. The number of nitrogens with one attached hydrogen (secondary N) is 1. The molecule has 0 radical (unpaired) electrons. The van der Waals surface area contributed by atoms with Gasteiger partial charge in [-0.1, -0.05) is 18.2 Å². The molecule has 0 saturated heterocycles. The van der Waals surface area contributed by atoms with Gasteiger partial charge in [0.2, 0.25) is 0 Å². The van der Waals surface area contributed by atoms with Gasteiger partial charge < -0.3 is 14.8 Å². The van der Waals surface area contributed by atoms with Gasteiger partial charge in [-0.25, -0.2) is 4.39 Å². The van der Waals surface area contributed by atoms with Crippen molar-refractivity contribution >= 4 is 17.6 Å². The Morgan fingerprint density at radius 3 is 2.44 bits per heavy atom. The molecule has 0 aliphatic carbocycles. The fraction of sp³-hybridized carbons (Fsp3) is 0.263. The Kier molecular flexibility index (Phi) is 6.51. The van der Waals surface area contributed by atoms with Crippen molar-refractivity contribution in [3.05, 3.63) is 59.9 Å². The van der Waals surface area contributed by atoms with Gasteiger partial charge in [-0.2, -0.15) is 0 Å². The average molecular weight is 345 g/mol. The standard InChI is InChI=1S/C19H20FNO4/c1-13(19(23)21-15-8-10-16(24-2)11-9-15)25-18(22)12-7-14-5-3-4-6-17(14)20/h3-6,8-11,13H,7,12H2,1-2H3,(H,21,23)/t13-/m1/s1. The zero-order valence-electron chi connectivity index (χ0n) is 14.1. The second-order valence-corrected chi connectivity index (χ2v) is 5.44. The van der Waals surface area contributed by atoms with Gasteiger partial charge in [0.05, 0.1) is 7.11 Å². The van der Waals surface area contributed by atoms with E-state index in [4.69, 9.17) is 9.47 Å². The predicted molar refractivity (Wildman–Crippen MR) is 91.9 cm³/mol. The van der Waals surface area contributed by atoms with E-state index in [1.807, 2.05) is 0 Å². The highest BCUT2D eigenvalue weighted by molar-refractivity contribution is 5.95. The van der Waals surface area contributed by atoms with Crippen molar-refractivity contribution in [3.8, 4) is 5.75 Å². The van der Waals surface area contributed by atoms with E-state index in [9.17, 15) is 14.0 Å². The van der Waals surface area contributed by atoms with E-state index in [0.29, 0.717) is 17.0 Å². The number of methoxy groups -OCH3 is 1. The maximum absolute atomic E-state index is 13.5. The molecule has 0 fully saturated rings. The maximum atomic E-state index is 13.5. The van der Waals surface area contributed by atoms with Crippen LogP contribution in [-0.2, 0) is 20.7 Å². The summed E-state index contributed by atoms with van der Waals surface area (Å²) < 4.78 is 23.6. The molecule has 2 aromatic carbocycles. The number of rotatable bonds is 7. The second-order valence-electron chi connectivity index (χ2n) is 5.44. The number of ether oxygens (including phenoxy) is 2. The van der Waals surface area contributed by atoms with Crippen LogP contribution in [-0.4, -0.2) is 25.1 Å². The zero-order valence-corrected chi connectivity index (χ0v) is 14.1. The molecule has 25 heavy (non-hydrogen) atoms. The fourth-order valence-electron chi connectivity index (χ4n) is 2.17. The lowest BCUT2D eigenvalue weighted by molar-refractivity contribution is -0.153. The maximum Gasteiger partial charge on any atom is 0.306 e. The molecule has 6 heteroatoms. The van der Waals surface area contributed by atoms with Gasteiger partial charge in [-0.05, 0) is 49.2 Å². The first-order chi connectivity index (χ1) is 12.0. The Morgan fingerprint density at radius 2 is 1.80 bits per heavy atom. The Labute approximate surface area is 145 Å². The average Bonchev–Trinajstić information content (AvgIpc) is 2.61. The normalized spacial score (nSPS) is 11.5. The van der Waals surface area contributed by atoms with Crippen molar-refractivity contribution in [2.75, 3.05) is 12.4 Å². The van der Waals surface area contributed by atoms with Crippen molar-refractivity contribution in [1.29, 1.82) is 0 Å². The van der Waals surface area contributed by atoms with Crippen molar-refractivity contribution in [3.63, 3.8) is 0 Å². The minimum atomic E-state index is -0.949. The first kappa shape index (κ1) is 18.4. The van der Waals surface area contributed by atoms with E-state index >= 15 is 0 Å². The lowest BCUT2D eigenvalue weighted by Gasteiger charge is -2.14. The molecule has 0 aliphatic rings. The molecule has 0 heterocycles. The molecule has 132 valence electrons. The molecular formula is C19H20FNO4. The van der Waals surface area contributed by atoms with Gasteiger partial charge in [-0.3, -0.25) is 9.59 Å². The Balaban J connectivity index is 1.81. The van der Waals surface area contributed by atoms with E-state index in [0.717, 1.165) is 0 Å². The molecule has 1 atom stereocenters. The van der Waals surface area contributed by atoms with E-state index in [1.165, 1.54) is 13.0 Å². The summed E-state index contributed by atoms with van der Waals surface area (Å²) in [4.78, 5) is 23.9. The molecule has 0 bridgehead atoms. The van der Waals surface area contributed by atoms with E-state index in [1.54, 1.807) is 49.6 Å². The van der Waals surface area contributed by atoms with Gasteiger partial charge in [0, 0.05) is 12.1 Å². The number of anilines is 1. The van der Waals surface area contributed by atoms with Crippen LogP contribution in [0.4, 0.5) is 10.1 Å². The lowest BCUT2D eigenvalue weighted by Crippen LogP contribution is -2.30. The topological polar surface area (TPSA) is 64.6 Å². The van der Waals surface area contributed by atoms with Crippen LogP contribution in [0.25, 0.3) is 0 Å². The van der Waals surface area contributed by atoms with Crippen molar-refractivity contribution in [2.24, 2.45) is 0 Å². The van der Waals surface area contributed by atoms with Gasteiger partial charge in [0.25, 0.3) is 5.91 Å².